The third kappa shape index (κ3) is 1.39. The monoisotopic (exact) mass is 237 g/mol. The zero-order chi connectivity index (χ0) is 12.2. The SMILES string of the molecule is CC1CCc2cc(F)c(F)c3c2N(CC3)C1=O. The van der Waals surface area contributed by atoms with Gasteiger partial charge in [-0.2, -0.15) is 0 Å². The summed E-state index contributed by atoms with van der Waals surface area (Å²) in [6, 6.07) is 1.25. The normalized spacial score (nSPS) is 22.6. The Bertz CT molecular complexity index is 513. The van der Waals surface area contributed by atoms with Gasteiger partial charge in [0, 0.05) is 18.0 Å². The Labute approximate surface area is 98.2 Å². The molecule has 2 aliphatic rings. The summed E-state index contributed by atoms with van der Waals surface area (Å²) in [5.41, 5.74) is 1.79. The fourth-order valence-corrected chi connectivity index (χ4v) is 2.80. The molecule has 90 valence electrons. The Morgan fingerprint density at radius 2 is 2.12 bits per heavy atom. The number of aryl methyl sites for hydroxylation is 1. The lowest BCUT2D eigenvalue weighted by Gasteiger charge is -2.19. The van der Waals surface area contributed by atoms with Crippen LogP contribution in [0, 0.1) is 17.6 Å². The minimum atomic E-state index is -0.789. The van der Waals surface area contributed by atoms with Crippen LogP contribution in [-0.2, 0) is 17.6 Å². The number of hydrogen-bond donors (Lipinski definition) is 0. The molecule has 0 spiro atoms. The zero-order valence-electron chi connectivity index (χ0n) is 9.59. The standard InChI is InChI=1S/C13H13F2NO/c1-7-2-3-8-6-10(14)11(15)9-4-5-16(12(8)9)13(7)17/h6-7H,2-5H2,1H3. The first kappa shape index (κ1) is 10.7. The first-order valence-electron chi connectivity index (χ1n) is 5.90. The van der Waals surface area contributed by atoms with Crippen molar-refractivity contribution in [2.24, 2.45) is 5.92 Å². The molecule has 1 aromatic carbocycles. The zero-order valence-corrected chi connectivity index (χ0v) is 9.59. The topological polar surface area (TPSA) is 20.3 Å². The molecule has 4 heteroatoms. The van der Waals surface area contributed by atoms with Gasteiger partial charge in [-0.25, -0.2) is 8.78 Å². The highest BCUT2D eigenvalue weighted by atomic mass is 19.2. The molecule has 0 bridgehead atoms. The van der Waals surface area contributed by atoms with Crippen LogP contribution in [0.25, 0.3) is 0 Å². The fraction of sp³-hybridized carbons (Fsp3) is 0.462. The van der Waals surface area contributed by atoms with Gasteiger partial charge >= 0.3 is 0 Å². The van der Waals surface area contributed by atoms with Crippen LogP contribution >= 0.6 is 0 Å². The van der Waals surface area contributed by atoms with E-state index in [1.165, 1.54) is 6.07 Å². The van der Waals surface area contributed by atoms with E-state index in [0.29, 0.717) is 37.1 Å². The van der Waals surface area contributed by atoms with Gasteiger partial charge in [-0.05, 0) is 30.9 Å². The average molecular weight is 237 g/mol. The molecule has 0 saturated carbocycles. The molecule has 0 aromatic heterocycles. The summed E-state index contributed by atoms with van der Waals surface area (Å²) in [6.07, 6.45) is 1.76. The minimum absolute atomic E-state index is 0.0357. The van der Waals surface area contributed by atoms with Crippen molar-refractivity contribution in [3.63, 3.8) is 0 Å². The van der Waals surface area contributed by atoms with Crippen LogP contribution in [-0.4, -0.2) is 12.5 Å². The smallest absolute Gasteiger partial charge is 0.229 e. The molecule has 0 fully saturated rings. The first-order valence-corrected chi connectivity index (χ1v) is 5.90. The van der Waals surface area contributed by atoms with Crippen molar-refractivity contribution in [2.45, 2.75) is 26.2 Å². The number of halogens is 2. The van der Waals surface area contributed by atoms with Crippen LogP contribution in [0.5, 0.6) is 0 Å². The number of nitrogens with zero attached hydrogens (tertiary/aromatic N) is 1. The van der Waals surface area contributed by atoms with Crippen molar-refractivity contribution in [2.75, 3.05) is 11.4 Å². The molecule has 0 aliphatic carbocycles. The number of benzene rings is 1. The van der Waals surface area contributed by atoms with E-state index in [1.807, 2.05) is 6.92 Å². The largest absolute Gasteiger partial charge is 0.311 e. The molecule has 1 unspecified atom stereocenters. The maximum atomic E-state index is 13.7. The fourth-order valence-electron chi connectivity index (χ4n) is 2.80. The van der Waals surface area contributed by atoms with Crippen LogP contribution in [0.4, 0.5) is 14.5 Å². The summed E-state index contributed by atoms with van der Waals surface area (Å²) in [6.45, 7) is 2.35. The maximum Gasteiger partial charge on any atom is 0.229 e. The number of amides is 1. The van der Waals surface area contributed by atoms with Gasteiger partial charge in [0.15, 0.2) is 11.6 Å². The predicted molar refractivity (Wildman–Crippen MR) is 59.9 cm³/mol. The van der Waals surface area contributed by atoms with Gasteiger partial charge in [0.05, 0.1) is 5.69 Å². The number of anilines is 1. The number of hydrogen-bond acceptors (Lipinski definition) is 1. The van der Waals surface area contributed by atoms with Crippen LogP contribution in [0.1, 0.15) is 24.5 Å². The molecular formula is C13H13F2NO. The number of carbonyl (C=O) groups excluding carboxylic acids is 1. The molecular weight excluding hydrogens is 224 g/mol. The van der Waals surface area contributed by atoms with Crippen molar-refractivity contribution < 1.29 is 13.6 Å². The molecule has 1 amide bonds. The van der Waals surface area contributed by atoms with Crippen molar-refractivity contribution in [1.82, 2.24) is 0 Å². The lowest BCUT2D eigenvalue weighted by atomic mass is 9.99. The lowest BCUT2D eigenvalue weighted by Crippen LogP contribution is -2.32. The Morgan fingerprint density at radius 3 is 2.88 bits per heavy atom. The molecule has 2 heterocycles. The Hall–Kier alpha value is -1.45. The summed E-state index contributed by atoms with van der Waals surface area (Å²) >= 11 is 0. The van der Waals surface area contributed by atoms with E-state index >= 15 is 0 Å². The quantitative estimate of drug-likeness (QED) is 0.678. The Morgan fingerprint density at radius 1 is 1.35 bits per heavy atom. The number of rotatable bonds is 0. The van der Waals surface area contributed by atoms with Crippen LogP contribution in [0.3, 0.4) is 0 Å². The summed E-state index contributed by atoms with van der Waals surface area (Å²) in [7, 11) is 0. The van der Waals surface area contributed by atoms with E-state index in [0.717, 1.165) is 5.56 Å². The van der Waals surface area contributed by atoms with E-state index in [-0.39, 0.29) is 11.8 Å². The van der Waals surface area contributed by atoms with Gasteiger partial charge in [0.1, 0.15) is 0 Å². The van der Waals surface area contributed by atoms with Crippen molar-refractivity contribution in [3.8, 4) is 0 Å². The lowest BCUT2D eigenvalue weighted by molar-refractivity contribution is -0.121. The molecule has 1 aromatic rings. The molecule has 3 rings (SSSR count). The molecule has 2 nitrogen and oxygen atoms in total. The third-order valence-corrected chi connectivity index (χ3v) is 3.76. The molecule has 17 heavy (non-hydrogen) atoms. The van der Waals surface area contributed by atoms with Crippen LogP contribution < -0.4 is 4.90 Å². The maximum absolute atomic E-state index is 13.7. The first-order chi connectivity index (χ1) is 8.09. The van der Waals surface area contributed by atoms with Crippen molar-refractivity contribution in [3.05, 3.63) is 28.8 Å². The van der Waals surface area contributed by atoms with Gasteiger partial charge in [0.25, 0.3) is 0 Å². The summed E-state index contributed by atoms with van der Waals surface area (Å²) in [5, 5.41) is 0. The summed E-state index contributed by atoms with van der Waals surface area (Å²) in [5.74, 6) is -1.61. The van der Waals surface area contributed by atoms with E-state index in [2.05, 4.69) is 0 Å². The van der Waals surface area contributed by atoms with Gasteiger partial charge in [0.2, 0.25) is 5.91 Å². The van der Waals surface area contributed by atoms with Crippen LogP contribution in [0.2, 0.25) is 0 Å². The summed E-state index contributed by atoms with van der Waals surface area (Å²) < 4.78 is 27.1. The second-order valence-corrected chi connectivity index (χ2v) is 4.84. The molecule has 0 saturated heterocycles. The molecule has 1 atom stereocenters. The van der Waals surface area contributed by atoms with Crippen molar-refractivity contribution in [1.29, 1.82) is 0 Å². The van der Waals surface area contributed by atoms with Gasteiger partial charge < -0.3 is 4.90 Å². The summed E-state index contributed by atoms with van der Waals surface area (Å²) in [4.78, 5) is 13.7. The minimum Gasteiger partial charge on any atom is -0.311 e. The van der Waals surface area contributed by atoms with Crippen LogP contribution in [0.15, 0.2) is 6.07 Å². The average Bonchev–Trinajstić information content (AvgIpc) is 2.71. The van der Waals surface area contributed by atoms with E-state index in [1.54, 1.807) is 4.90 Å². The molecule has 0 N–H and O–H groups in total. The third-order valence-electron chi connectivity index (χ3n) is 3.76. The van der Waals surface area contributed by atoms with E-state index < -0.39 is 11.6 Å². The van der Waals surface area contributed by atoms with E-state index in [4.69, 9.17) is 0 Å². The second-order valence-electron chi connectivity index (χ2n) is 4.84. The Kier molecular flexibility index (Phi) is 2.21. The van der Waals surface area contributed by atoms with Gasteiger partial charge in [-0.15, -0.1) is 0 Å². The van der Waals surface area contributed by atoms with Gasteiger partial charge in [-0.1, -0.05) is 6.92 Å². The second kappa shape index (κ2) is 3.52. The molecule has 2 aliphatic heterocycles. The van der Waals surface area contributed by atoms with Crippen molar-refractivity contribution >= 4 is 11.6 Å². The number of carbonyl (C=O) groups is 1. The predicted octanol–water partition coefficient (Wildman–Crippen LogP) is 2.44. The van der Waals surface area contributed by atoms with Gasteiger partial charge in [-0.3, -0.25) is 4.79 Å². The highest BCUT2D eigenvalue weighted by Crippen LogP contribution is 2.39. The molecule has 0 radical (unpaired) electrons. The highest BCUT2D eigenvalue weighted by molar-refractivity contribution is 5.98. The van der Waals surface area contributed by atoms with E-state index in [9.17, 15) is 13.6 Å². The highest BCUT2D eigenvalue weighted by Gasteiger charge is 2.35. The Balaban J connectivity index is 2.23.